The minimum atomic E-state index is -0.414. The standard InChI is InChI=1S/C15H15N/c1-11(2)16-14-9-5-3-7-12(14)13-8-4-6-10-15(13)16/h3-11H,1-2H3/i3D,4D,5D,6D,7D,8D,9D,10D. The first-order valence-electron chi connectivity index (χ1n) is 9.11. The number of para-hydroxylation sites is 2. The van der Waals surface area contributed by atoms with E-state index in [0.717, 1.165) is 0 Å². The lowest BCUT2D eigenvalue weighted by Crippen LogP contribution is -1.99. The highest BCUT2D eigenvalue weighted by molar-refractivity contribution is 6.08. The van der Waals surface area contributed by atoms with Crippen molar-refractivity contribution >= 4 is 21.8 Å². The average molecular weight is 217 g/mol. The highest BCUT2D eigenvalue weighted by atomic mass is 15.0. The van der Waals surface area contributed by atoms with Gasteiger partial charge in [-0.15, -0.1) is 0 Å². The van der Waals surface area contributed by atoms with Crippen LogP contribution in [0.4, 0.5) is 0 Å². The van der Waals surface area contributed by atoms with Gasteiger partial charge in [-0.3, -0.25) is 0 Å². The van der Waals surface area contributed by atoms with Crippen molar-refractivity contribution in [3.63, 3.8) is 0 Å². The number of hydrogen-bond acceptors (Lipinski definition) is 0. The van der Waals surface area contributed by atoms with E-state index in [4.69, 9.17) is 11.0 Å². The van der Waals surface area contributed by atoms with E-state index in [0.29, 0.717) is 0 Å². The zero-order chi connectivity index (χ0) is 18.1. The molecule has 0 aliphatic rings. The lowest BCUT2D eigenvalue weighted by atomic mass is 10.2. The molecule has 0 bridgehead atoms. The van der Waals surface area contributed by atoms with Crippen LogP contribution in [0.1, 0.15) is 30.9 Å². The molecule has 3 rings (SSSR count). The molecule has 1 heteroatoms. The van der Waals surface area contributed by atoms with E-state index in [1.165, 1.54) is 0 Å². The monoisotopic (exact) mass is 217 g/mol. The van der Waals surface area contributed by atoms with Gasteiger partial charge in [-0.2, -0.15) is 0 Å². The summed E-state index contributed by atoms with van der Waals surface area (Å²) in [6, 6.07) is -2.91. The molecule has 3 aromatic rings. The van der Waals surface area contributed by atoms with Gasteiger partial charge in [-0.05, 0) is 25.9 Å². The van der Waals surface area contributed by atoms with Crippen molar-refractivity contribution in [2.75, 3.05) is 0 Å². The molecule has 2 aromatic carbocycles. The van der Waals surface area contributed by atoms with Crippen molar-refractivity contribution in [2.24, 2.45) is 0 Å². The van der Waals surface area contributed by atoms with Crippen molar-refractivity contribution in [3.8, 4) is 0 Å². The van der Waals surface area contributed by atoms with Crippen LogP contribution in [0.25, 0.3) is 21.8 Å². The van der Waals surface area contributed by atoms with E-state index in [1.54, 1.807) is 18.4 Å². The minimum absolute atomic E-state index is 0.136. The van der Waals surface area contributed by atoms with Gasteiger partial charge in [-0.25, -0.2) is 0 Å². The zero-order valence-electron chi connectivity index (χ0n) is 17.0. The van der Waals surface area contributed by atoms with Crippen molar-refractivity contribution in [3.05, 3.63) is 48.3 Å². The number of aromatic nitrogens is 1. The molecule has 0 saturated carbocycles. The van der Waals surface area contributed by atoms with Crippen LogP contribution >= 0.6 is 0 Å². The summed E-state index contributed by atoms with van der Waals surface area (Å²) in [4.78, 5) is 0. The third-order valence-electron chi connectivity index (χ3n) is 2.58. The van der Waals surface area contributed by atoms with E-state index in [1.807, 2.05) is 0 Å². The van der Waals surface area contributed by atoms with Crippen LogP contribution in [-0.2, 0) is 0 Å². The number of hydrogen-bond donors (Lipinski definition) is 0. The van der Waals surface area contributed by atoms with Gasteiger partial charge in [0, 0.05) is 27.8 Å². The maximum atomic E-state index is 8.21. The summed E-state index contributed by atoms with van der Waals surface area (Å²) >= 11 is 0. The van der Waals surface area contributed by atoms with E-state index in [9.17, 15) is 0 Å². The maximum absolute atomic E-state index is 8.21. The van der Waals surface area contributed by atoms with E-state index in [-0.39, 0.29) is 64.1 Å². The first-order valence-corrected chi connectivity index (χ1v) is 5.11. The third-order valence-corrected chi connectivity index (χ3v) is 2.58. The fraction of sp³-hybridized carbons (Fsp3) is 0.200. The molecule has 0 amide bonds. The van der Waals surface area contributed by atoms with Crippen LogP contribution in [0.3, 0.4) is 0 Å². The summed E-state index contributed by atoms with van der Waals surface area (Å²) in [5.41, 5.74) is 0.413. The molecule has 0 fully saturated rings. The fourth-order valence-corrected chi connectivity index (χ4v) is 1.96. The van der Waals surface area contributed by atoms with Gasteiger partial charge in [-0.1, -0.05) is 36.3 Å². The Morgan fingerprint density at radius 2 is 1.31 bits per heavy atom. The van der Waals surface area contributed by atoms with Gasteiger partial charge in [0.2, 0.25) is 0 Å². The van der Waals surface area contributed by atoms with E-state index >= 15 is 0 Å². The molecule has 1 nitrogen and oxygen atoms in total. The molecular formula is C15H15N. The van der Waals surface area contributed by atoms with Crippen molar-refractivity contribution < 1.29 is 11.0 Å². The minimum Gasteiger partial charge on any atom is -0.338 e. The largest absolute Gasteiger partial charge is 0.338 e. The first kappa shape index (κ1) is 4.25. The Hall–Kier alpha value is -1.76. The van der Waals surface area contributed by atoms with Gasteiger partial charge >= 0.3 is 0 Å². The van der Waals surface area contributed by atoms with Gasteiger partial charge in [0.05, 0.1) is 11.0 Å². The molecule has 0 N–H and O–H groups in total. The molecule has 1 heterocycles. The summed E-state index contributed by atoms with van der Waals surface area (Å²) in [7, 11) is 0. The Morgan fingerprint density at radius 3 is 1.75 bits per heavy atom. The third kappa shape index (κ3) is 1.18. The van der Waals surface area contributed by atoms with E-state index in [2.05, 4.69) is 0 Å². The predicted molar refractivity (Wildman–Crippen MR) is 69.8 cm³/mol. The zero-order valence-corrected chi connectivity index (χ0v) is 9.02. The molecule has 0 unspecified atom stereocenters. The molecule has 0 atom stereocenters. The fourth-order valence-electron chi connectivity index (χ4n) is 1.96. The summed E-state index contributed by atoms with van der Waals surface area (Å²) in [5.74, 6) is 0. The first-order chi connectivity index (χ1) is 11.1. The van der Waals surface area contributed by atoms with Crippen molar-refractivity contribution in [2.45, 2.75) is 19.9 Å². The van der Waals surface area contributed by atoms with Crippen LogP contribution in [-0.4, -0.2) is 4.57 Å². The molecule has 0 aliphatic carbocycles. The SMILES string of the molecule is [2H]c1c([2H])c([2H])c2c(c1[2H])c1c([2H])c([2H])c([2H])c([2H])c1n2C(C)C. The molecule has 16 heavy (non-hydrogen) atoms. The van der Waals surface area contributed by atoms with E-state index < -0.39 is 12.1 Å². The summed E-state index contributed by atoms with van der Waals surface area (Å²) < 4.78 is 65.9. The summed E-state index contributed by atoms with van der Waals surface area (Å²) in [5, 5.41) is 0.272. The second-order valence-electron chi connectivity index (χ2n) is 3.91. The van der Waals surface area contributed by atoms with Crippen LogP contribution in [0.15, 0.2) is 48.3 Å². The predicted octanol–water partition coefficient (Wildman–Crippen LogP) is 4.38. The highest BCUT2D eigenvalue weighted by Gasteiger charge is 2.10. The second kappa shape index (κ2) is 3.38. The summed E-state index contributed by atoms with van der Waals surface area (Å²) in [6.07, 6.45) is 0. The molecule has 1 aromatic heterocycles. The molecule has 0 saturated heterocycles. The van der Waals surface area contributed by atoms with Gasteiger partial charge in [0.25, 0.3) is 0 Å². The number of rotatable bonds is 1. The molecule has 80 valence electrons. The van der Waals surface area contributed by atoms with Gasteiger partial charge in [0.1, 0.15) is 0 Å². The Bertz CT molecular complexity index is 941. The topological polar surface area (TPSA) is 4.93 Å². The van der Waals surface area contributed by atoms with Gasteiger partial charge in [0.15, 0.2) is 0 Å². The van der Waals surface area contributed by atoms with Crippen LogP contribution in [0, 0.1) is 0 Å². The van der Waals surface area contributed by atoms with Gasteiger partial charge < -0.3 is 4.57 Å². The van der Waals surface area contributed by atoms with Crippen molar-refractivity contribution in [1.29, 1.82) is 0 Å². The Labute approximate surface area is 107 Å². The number of fused-ring (bicyclic) bond motifs is 3. The van der Waals surface area contributed by atoms with Crippen LogP contribution in [0.5, 0.6) is 0 Å². The Balaban J connectivity index is 2.84. The lowest BCUT2D eigenvalue weighted by molar-refractivity contribution is 0.642. The molecule has 0 radical (unpaired) electrons. The number of benzene rings is 2. The Kier molecular flexibility index (Phi) is 0.896. The van der Waals surface area contributed by atoms with Crippen LogP contribution < -0.4 is 0 Å². The molecule has 0 aliphatic heterocycles. The Morgan fingerprint density at radius 1 is 0.875 bits per heavy atom. The average Bonchev–Trinajstić information content (AvgIpc) is 2.90. The maximum Gasteiger partial charge on any atom is 0.0645 e. The molecular weight excluding hydrogens is 194 g/mol. The lowest BCUT2D eigenvalue weighted by Gasteiger charge is -2.10. The second-order valence-corrected chi connectivity index (χ2v) is 3.91. The molecule has 0 spiro atoms. The quantitative estimate of drug-likeness (QED) is 0.570. The highest BCUT2D eigenvalue weighted by Crippen LogP contribution is 2.31. The smallest absolute Gasteiger partial charge is 0.0645 e. The normalized spacial score (nSPS) is 18.7. The number of nitrogens with zero attached hydrogens (tertiary/aromatic N) is 1. The van der Waals surface area contributed by atoms with Crippen molar-refractivity contribution in [1.82, 2.24) is 4.57 Å². The van der Waals surface area contributed by atoms with Crippen LogP contribution in [0.2, 0.25) is 0 Å². The summed E-state index contributed by atoms with van der Waals surface area (Å²) in [6.45, 7) is 3.61.